The minimum Gasteiger partial charge on any atom is -0.489 e. The molecule has 27 heavy (non-hydrogen) atoms. The molecule has 0 atom stereocenters. The molecule has 0 aliphatic carbocycles. The van der Waals surface area contributed by atoms with Gasteiger partial charge in [-0.05, 0) is 56.4 Å². The van der Waals surface area contributed by atoms with Gasteiger partial charge in [0.1, 0.15) is 12.4 Å². The second-order valence-electron chi connectivity index (χ2n) is 9.00. The third-order valence-electron chi connectivity index (χ3n) is 4.27. The average molecular weight is 410 g/mol. The van der Waals surface area contributed by atoms with Gasteiger partial charge in [-0.1, -0.05) is 62.2 Å². The van der Waals surface area contributed by atoms with Crippen LogP contribution in [0.5, 0.6) is 5.75 Å². The third kappa shape index (κ3) is 8.55. The highest BCUT2D eigenvalue weighted by Gasteiger charge is 2.25. The molecule has 1 N–H and O–H groups in total. The SMILES string of the molecule is Cc1ccc(COc2ccc(Cl)cc2CNC(C)(C)CC(C)(C)C)cc1.Cl. The van der Waals surface area contributed by atoms with E-state index in [2.05, 4.69) is 71.1 Å². The van der Waals surface area contributed by atoms with Crippen LogP contribution >= 0.6 is 24.0 Å². The summed E-state index contributed by atoms with van der Waals surface area (Å²) in [5.41, 5.74) is 3.82. The molecule has 4 heteroatoms. The molecule has 0 radical (unpaired) electrons. The molecular weight excluding hydrogens is 377 g/mol. The van der Waals surface area contributed by atoms with Crippen LogP contribution in [0.25, 0.3) is 0 Å². The molecule has 2 aromatic carbocycles. The second-order valence-corrected chi connectivity index (χ2v) is 9.44. The van der Waals surface area contributed by atoms with Crippen molar-refractivity contribution in [2.45, 2.75) is 66.7 Å². The van der Waals surface area contributed by atoms with Gasteiger partial charge in [0.05, 0.1) is 0 Å². The molecule has 0 unspecified atom stereocenters. The van der Waals surface area contributed by atoms with Gasteiger partial charge in [-0.15, -0.1) is 12.4 Å². The predicted octanol–water partition coefficient (Wildman–Crippen LogP) is 6.95. The molecule has 2 aromatic rings. The Labute approximate surface area is 176 Å². The van der Waals surface area contributed by atoms with E-state index in [1.54, 1.807) is 0 Å². The maximum atomic E-state index is 6.22. The normalized spacial score (nSPS) is 11.8. The summed E-state index contributed by atoms with van der Waals surface area (Å²) in [6.45, 7) is 14.7. The largest absolute Gasteiger partial charge is 0.489 e. The first kappa shape index (κ1) is 23.8. The van der Waals surface area contributed by atoms with Crippen molar-refractivity contribution in [3.63, 3.8) is 0 Å². The molecule has 0 spiro atoms. The summed E-state index contributed by atoms with van der Waals surface area (Å²) in [7, 11) is 0. The lowest BCUT2D eigenvalue weighted by atomic mass is 9.82. The Morgan fingerprint density at radius 3 is 2.19 bits per heavy atom. The average Bonchev–Trinajstić information content (AvgIpc) is 2.51. The van der Waals surface area contributed by atoms with Gasteiger partial charge in [-0.25, -0.2) is 0 Å². The van der Waals surface area contributed by atoms with E-state index < -0.39 is 0 Å². The van der Waals surface area contributed by atoms with Crippen molar-refractivity contribution < 1.29 is 4.74 Å². The molecular formula is C23H33Cl2NO. The molecule has 0 heterocycles. The minimum absolute atomic E-state index is 0. The van der Waals surface area contributed by atoms with Crippen molar-refractivity contribution in [2.24, 2.45) is 5.41 Å². The van der Waals surface area contributed by atoms with Crippen LogP contribution in [0, 0.1) is 12.3 Å². The fourth-order valence-electron chi connectivity index (χ4n) is 3.40. The molecule has 0 saturated carbocycles. The molecule has 0 saturated heterocycles. The summed E-state index contributed by atoms with van der Waals surface area (Å²) in [6, 6.07) is 14.3. The molecule has 0 amide bonds. The first-order valence-electron chi connectivity index (χ1n) is 9.26. The minimum atomic E-state index is 0. The fraction of sp³-hybridized carbons (Fsp3) is 0.478. The number of hydrogen-bond acceptors (Lipinski definition) is 2. The van der Waals surface area contributed by atoms with E-state index in [1.165, 1.54) is 5.56 Å². The predicted molar refractivity (Wildman–Crippen MR) is 119 cm³/mol. The second kappa shape index (κ2) is 9.82. The molecule has 0 aromatic heterocycles. The summed E-state index contributed by atoms with van der Waals surface area (Å²) in [6.07, 6.45) is 1.08. The highest BCUT2D eigenvalue weighted by Crippen LogP contribution is 2.29. The first-order chi connectivity index (χ1) is 12.0. The number of nitrogens with one attached hydrogen (secondary N) is 1. The molecule has 150 valence electrons. The molecule has 0 aliphatic heterocycles. The Hall–Kier alpha value is -1.22. The lowest BCUT2D eigenvalue weighted by Gasteiger charge is -2.33. The quantitative estimate of drug-likeness (QED) is 0.533. The van der Waals surface area contributed by atoms with Crippen LogP contribution in [-0.4, -0.2) is 5.54 Å². The van der Waals surface area contributed by atoms with Crippen LogP contribution < -0.4 is 10.1 Å². The van der Waals surface area contributed by atoms with Gasteiger partial charge in [0, 0.05) is 22.7 Å². The van der Waals surface area contributed by atoms with Crippen LogP contribution in [-0.2, 0) is 13.2 Å². The number of ether oxygens (including phenoxy) is 1. The van der Waals surface area contributed by atoms with Crippen LogP contribution in [0.1, 0.15) is 57.7 Å². The first-order valence-corrected chi connectivity index (χ1v) is 9.64. The van der Waals surface area contributed by atoms with E-state index in [-0.39, 0.29) is 23.4 Å². The van der Waals surface area contributed by atoms with Gasteiger partial charge in [-0.2, -0.15) is 0 Å². The number of halogens is 2. The van der Waals surface area contributed by atoms with E-state index in [4.69, 9.17) is 16.3 Å². The fourth-order valence-corrected chi connectivity index (χ4v) is 3.59. The summed E-state index contributed by atoms with van der Waals surface area (Å²) in [4.78, 5) is 0. The summed E-state index contributed by atoms with van der Waals surface area (Å²) in [5, 5.41) is 4.40. The van der Waals surface area contributed by atoms with Gasteiger partial charge in [0.25, 0.3) is 0 Å². The Bertz CT molecular complexity index is 718. The summed E-state index contributed by atoms with van der Waals surface area (Å²) >= 11 is 6.22. The summed E-state index contributed by atoms with van der Waals surface area (Å²) < 4.78 is 6.09. The van der Waals surface area contributed by atoms with Crippen LogP contribution in [0.15, 0.2) is 42.5 Å². The standard InChI is InChI=1S/C23H32ClNO.ClH/c1-17-7-9-18(10-8-17)15-26-21-12-11-20(24)13-19(21)14-25-23(5,6)16-22(2,3)4;/h7-13,25H,14-16H2,1-6H3;1H. The zero-order chi connectivity index (χ0) is 19.4. The molecule has 2 rings (SSSR count). The molecule has 0 aliphatic rings. The van der Waals surface area contributed by atoms with Crippen molar-refractivity contribution >= 4 is 24.0 Å². The Kier molecular flexibility index (Phi) is 8.66. The van der Waals surface area contributed by atoms with Gasteiger partial charge in [0.2, 0.25) is 0 Å². The van der Waals surface area contributed by atoms with E-state index in [0.717, 1.165) is 34.9 Å². The lowest BCUT2D eigenvalue weighted by molar-refractivity contribution is 0.238. The number of rotatable bonds is 7. The zero-order valence-electron chi connectivity index (χ0n) is 17.4. The Balaban J connectivity index is 0.00000364. The molecule has 2 nitrogen and oxygen atoms in total. The number of aryl methyl sites for hydroxylation is 1. The van der Waals surface area contributed by atoms with E-state index in [0.29, 0.717) is 6.61 Å². The van der Waals surface area contributed by atoms with Crippen molar-refractivity contribution in [2.75, 3.05) is 0 Å². The number of hydrogen-bond donors (Lipinski definition) is 1. The van der Waals surface area contributed by atoms with Crippen LogP contribution in [0.2, 0.25) is 5.02 Å². The van der Waals surface area contributed by atoms with Crippen LogP contribution in [0.4, 0.5) is 0 Å². The lowest BCUT2D eigenvalue weighted by Crippen LogP contribution is -2.41. The molecule has 0 fully saturated rings. The van der Waals surface area contributed by atoms with Gasteiger partial charge in [0.15, 0.2) is 0 Å². The Morgan fingerprint density at radius 2 is 1.59 bits per heavy atom. The third-order valence-corrected chi connectivity index (χ3v) is 4.50. The smallest absolute Gasteiger partial charge is 0.124 e. The maximum absolute atomic E-state index is 6.22. The van der Waals surface area contributed by atoms with Crippen molar-refractivity contribution in [1.29, 1.82) is 0 Å². The van der Waals surface area contributed by atoms with Crippen LogP contribution in [0.3, 0.4) is 0 Å². The highest BCUT2D eigenvalue weighted by molar-refractivity contribution is 6.30. The zero-order valence-corrected chi connectivity index (χ0v) is 18.9. The van der Waals surface area contributed by atoms with Crippen molar-refractivity contribution in [3.05, 3.63) is 64.2 Å². The maximum Gasteiger partial charge on any atom is 0.124 e. The van der Waals surface area contributed by atoms with Crippen molar-refractivity contribution in [1.82, 2.24) is 5.32 Å². The molecule has 0 bridgehead atoms. The number of benzene rings is 2. The van der Waals surface area contributed by atoms with E-state index >= 15 is 0 Å². The Morgan fingerprint density at radius 1 is 0.963 bits per heavy atom. The van der Waals surface area contributed by atoms with Gasteiger partial charge >= 0.3 is 0 Å². The highest BCUT2D eigenvalue weighted by atomic mass is 35.5. The van der Waals surface area contributed by atoms with Crippen molar-refractivity contribution in [3.8, 4) is 5.75 Å². The monoisotopic (exact) mass is 409 g/mol. The summed E-state index contributed by atoms with van der Waals surface area (Å²) in [5.74, 6) is 0.883. The topological polar surface area (TPSA) is 21.3 Å². The van der Waals surface area contributed by atoms with Gasteiger partial charge in [-0.3, -0.25) is 0 Å². The van der Waals surface area contributed by atoms with Gasteiger partial charge < -0.3 is 10.1 Å². The van der Waals surface area contributed by atoms with E-state index in [1.807, 2.05) is 18.2 Å². The van der Waals surface area contributed by atoms with E-state index in [9.17, 15) is 0 Å².